The molecule has 80 valence electrons. The van der Waals surface area contributed by atoms with Gasteiger partial charge < -0.3 is 19.9 Å². The number of amides is 1. The number of rotatable bonds is 3. The molecule has 1 amide bonds. The van der Waals surface area contributed by atoms with Crippen LogP contribution < -0.4 is 10.1 Å². The lowest BCUT2D eigenvalue weighted by Crippen LogP contribution is -2.21. The van der Waals surface area contributed by atoms with Gasteiger partial charge in [-0.2, -0.15) is 0 Å². The molecule has 1 aliphatic heterocycles. The first-order valence-electron chi connectivity index (χ1n) is 4.60. The average molecular weight is 209 g/mol. The molecule has 1 fully saturated rings. The van der Waals surface area contributed by atoms with E-state index in [2.05, 4.69) is 5.32 Å². The van der Waals surface area contributed by atoms with Gasteiger partial charge in [-0.25, -0.2) is 4.79 Å². The Balaban J connectivity index is 1.85. The third-order valence-corrected chi connectivity index (χ3v) is 2.00. The molecule has 15 heavy (non-hydrogen) atoms. The highest BCUT2D eigenvalue weighted by Crippen LogP contribution is 2.18. The van der Waals surface area contributed by atoms with Crippen LogP contribution in [0, 0.1) is 0 Å². The fraction of sp³-hybridized carbons (Fsp3) is 0.300. The predicted octanol–water partition coefficient (Wildman–Crippen LogP) is 0.879. The molecule has 1 unspecified atom stereocenters. The van der Waals surface area contributed by atoms with Gasteiger partial charge >= 0.3 is 6.09 Å². The second-order valence-electron chi connectivity index (χ2n) is 3.22. The van der Waals surface area contributed by atoms with Crippen LogP contribution >= 0.6 is 0 Å². The van der Waals surface area contributed by atoms with Crippen molar-refractivity contribution in [3.05, 3.63) is 24.3 Å². The van der Waals surface area contributed by atoms with Gasteiger partial charge in [0.25, 0.3) is 0 Å². The van der Waals surface area contributed by atoms with Crippen molar-refractivity contribution in [2.45, 2.75) is 6.10 Å². The predicted molar refractivity (Wildman–Crippen MR) is 51.9 cm³/mol. The second kappa shape index (κ2) is 4.08. The van der Waals surface area contributed by atoms with Crippen LogP contribution in [0.4, 0.5) is 4.79 Å². The fourth-order valence-electron chi connectivity index (χ4n) is 1.29. The van der Waals surface area contributed by atoms with Crippen LogP contribution in [-0.4, -0.2) is 30.5 Å². The van der Waals surface area contributed by atoms with E-state index in [0.29, 0.717) is 12.3 Å². The largest absolute Gasteiger partial charge is 0.508 e. The molecule has 2 N–H and O–H groups in total. The van der Waals surface area contributed by atoms with Gasteiger partial charge in [-0.15, -0.1) is 0 Å². The molecule has 1 aromatic rings. The molecule has 0 bridgehead atoms. The van der Waals surface area contributed by atoms with Crippen LogP contribution in [0.5, 0.6) is 11.5 Å². The zero-order valence-electron chi connectivity index (χ0n) is 7.97. The van der Waals surface area contributed by atoms with E-state index in [1.54, 1.807) is 18.2 Å². The van der Waals surface area contributed by atoms with Crippen LogP contribution in [0.1, 0.15) is 0 Å². The minimum absolute atomic E-state index is 0.147. The van der Waals surface area contributed by atoms with Crippen LogP contribution in [0.3, 0.4) is 0 Å². The summed E-state index contributed by atoms with van der Waals surface area (Å²) in [6.07, 6.45) is -0.681. The first-order chi connectivity index (χ1) is 7.24. The van der Waals surface area contributed by atoms with E-state index in [4.69, 9.17) is 14.6 Å². The Morgan fingerprint density at radius 2 is 2.47 bits per heavy atom. The molecule has 5 heteroatoms. The fourth-order valence-corrected chi connectivity index (χ4v) is 1.29. The average Bonchev–Trinajstić information content (AvgIpc) is 2.62. The summed E-state index contributed by atoms with van der Waals surface area (Å²) in [4.78, 5) is 10.7. The molecule has 0 radical (unpaired) electrons. The van der Waals surface area contributed by atoms with Crippen molar-refractivity contribution in [2.75, 3.05) is 13.2 Å². The topological polar surface area (TPSA) is 67.8 Å². The first kappa shape index (κ1) is 9.64. The van der Waals surface area contributed by atoms with Gasteiger partial charge in [-0.1, -0.05) is 6.07 Å². The van der Waals surface area contributed by atoms with Crippen molar-refractivity contribution in [1.82, 2.24) is 5.32 Å². The zero-order chi connectivity index (χ0) is 10.7. The summed E-state index contributed by atoms with van der Waals surface area (Å²) in [7, 11) is 0. The van der Waals surface area contributed by atoms with Crippen molar-refractivity contribution < 1.29 is 19.4 Å². The monoisotopic (exact) mass is 209 g/mol. The second-order valence-corrected chi connectivity index (χ2v) is 3.22. The maximum absolute atomic E-state index is 10.7. The molecule has 0 aromatic heterocycles. The number of carbonyl (C=O) groups is 1. The lowest BCUT2D eigenvalue weighted by atomic mass is 10.3. The van der Waals surface area contributed by atoms with E-state index >= 15 is 0 Å². The van der Waals surface area contributed by atoms with Crippen molar-refractivity contribution >= 4 is 6.09 Å². The number of alkyl carbamates (subject to hydrolysis) is 1. The number of hydrogen-bond donors (Lipinski definition) is 2. The molecule has 1 atom stereocenters. The molecule has 2 rings (SSSR count). The summed E-state index contributed by atoms with van der Waals surface area (Å²) >= 11 is 0. The number of ether oxygens (including phenoxy) is 2. The number of benzene rings is 1. The number of carbonyl (C=O) groups excluding carboxylic acids is 1. The maximum atomic E-state index is 10.7. The van der Waals surface area contributed by atoms with E-state index in [-0.39, 0.29) is 18.5 Å². The summed E-state index contributed by atoms with van der Waals surface area (Å²) in [6, 6.07) is 6.47. The smallest absolute Gasteiger partial charge is 0.407 e. The summed E-state index contributed by atoms with van der Waals surface area (Å²) in [5.41, 5.74) is 0. The number of phenolic OH excluding ortho intramolecular Hbond substituents is 1. The summed E-state index contributed by atoms with van der Waals surface area (Å²) in [6.45, 7) is 0.736. The number of phenols is 1. The number of aromatic hydroxyl groups is 1. The van der Waals surface area contributed by atoms with Crippen molar-refractivity contribution in [2.24, 2.45) is 0 Å². The van der Waals surface area contributed by atoms with Gasteiger partial charge in [0.15, 0.2) is 6.10 Å². The zero-order valence-corrected chi connectivity index (χ0v) is 7.97. The van der Waals surface area contributed by atoms with E-state index in [1.165, 1.54) is 6.07 Å². The van der Waals surface area contributed by atoms with Crippen molar-refractivity contribution in [3.8, 4) is 11.5 Å². The molecule has 1 aromatic carbocycles. The Morgan fingerprint density at radius 1 is 1.60 bits per heavy atom. The Bertz CT molecular complexity index is 366. The summed E-state index contributed by atoms with van der Waals surface area (Å²) in [5.74, 6) is 0.701. The highest BCUT2D eigenvalue weighted by Gasteiger charge is 2.22. The standard InChI is InChI=1S/C10H11NO4/c12-7-2-1-3-8(4-7)14-6-9-5-11-10(13)15-9/h1-4,9,12H,5-6H2,(H,11,13). The van der Waals surface area contributed by atoms with Gasteiger partial charge in [0.2, 0.25) is 0 Å². The quantitative estimate of drug-likeness (QED) is 0.775. The molecule has 1 aliphatic rings. The summed E-state index contributed by atoms with van der Waals surface area (Å²) < 4.78 is 10.2. The molecule has 1 saturated heterocycles. The Kier molecular flexibility index (Phi) is 2.62. The van der Waals surface area contributed by atoms with E-state index < -0.39 is 6.09 Å². The van der Waals surface area contributed by atoms with Gasteiger partial charge in [-0.05, 0) is 12.1 Å². The number of hydrogen-bond acceptors (Lipinski definition) is 4. The SMILES string of the molecule is O=C1NCC(COc2cccc(O)c2)O1. The Labute approximate surface area is 86.6 Å². The molecule has 5 nitrogen and oxygen atoms in total. The van der Waals surface area contributed by atoms with Crippen LogP contribution in [-0.2, 0) is 4.74 Å². The van der Waals surface area contributed by atoms with E-state index in [1.807, 2.05) is 0 Å². The minimum atomic E-state index is -0.417. The highest BCUT2D eigenvalue weighted by atomic mass is 16.6. The number of cyclic esters (lactones) is 1. The van der Waals surface area contributed by atoms with Crippen LogP contribution in [0.15, 0.2) is 24.3 Å². The Hall–Kier alpha value is -1.91. The van der Waals surface area contributed by atoms with Crippen LogP contribution in [0.25, 0.3) is 0 Å². The van der Waals surface area contributed by atoms with Gasteiger partial charge in [0.05, 0.1) is 6.54 Å². The third-order valence-electron chi connectivity index (χ3n) is 2.00. The highest BCUT2D eigenvalue weighted by molar-refractivity contribution is 5.69. The number of nitrogens with one attached hydrogen (secondary N) is 1. The van der Waals surface area contributed by atoms with Gasteiger partial charge in [0.1, 0.15) is 18.1 Å². The van der Waals surface area contributed by atoms with Gasteiger partial charge in [0, 0.05) is 6.07 Å². The minimum Gasteiger partial charge on any atom is -0.508 e. The van der Waals surface area contributed by atoms with Gasteiger partial charge in [-0.3, -0.25) is 0 Å². The van der Waals surface area contributed by atoms with Crippen molar-refractivity contribution in [3.63, 3.8) is 0 Å². The first-order valence-corrected chi connectivity index (χ1v) is 4.60. The molecule has 1 heterocycles. The van der Waals surface area contributed by atoms with Crippen LogP contribution in [0.2, 0.25) is 0 Å². The van der Waals surface area contributed by atoms with E-state index in [9.17, 15) is 4.79 Å². The van der Waals surface area contributed by atoms with Crippen molar-refractivity contribution in [1.29, 1.82) is 0 Å². The summed E-state index contributed by atoms with van der Waals surface area (Å²) in [5, 5.41) is 11.7. The lowest BCUT2D eigenvalue weighted by molar-refractivity contribution is 0.105. The third kappa shape index (κ3) is 2.52. The van der Waals surface area contributed by atoms with E-state index in [0.717, 1.165) is 0 Å². The molecular weight excluding hydrogens is 198 g/mol. The lowest BCUT2D eigenvalue weighted by Gasteiger charge is -2.09. The normalized spacial score (nSPS) is 19.5. The molecule has 0 spiro atoms. The molecular formula is C10H11NO4. The molecule has 0 aliphatic carbocycles. The molecule has 0 saturated carbocycles. The maximum Gasteiger partial charge on any atom is 0.407 e. The Morgan fingerprint density at radius 3 is 3.13 bits per heavy atom.